The van der Waals surface area contributed by atoms with Crippen LogP contribution in [0, 0.1) is 5.41 Å². The summed E-state index contributed by atoms with van der Waals surface area (Å²) in [5.74, 6) is 0.0499. The van der Waals surface area contributed by atoms with Crippen LogP contribution in [0.1, 0.15) is 66.8 Å². The number of aromatic nitrogens is 4. The van der Waals surface area contributed by atoms with Crippen LogP contribution < -0.4 is 5.32 Å². The number of nitrogens with zero attached hydrogens (tertiary/aromatic N) is 4. The van der Waals surface area contributed by atoms with Gasteiger partial charge in [-0.1, -0.05) is 26.8 Å². The fourth-order valence-electron chi connectivity index (χ4n) is 4.25. The molecule has 0 unspecified atom stereocenters. The third kappa shape index (κ3) is 3.85. The number of hydrogen-bond acceptors (Lipinski definition) is 5. The summed E-state index contributed by atoms with van der Waals surface area (Å²) in [5, 5.41) is 3.00. The van der Waals surface area contributed by atoms with E-state index in [0.717, 1.165) is 29.8 Å². The summed E-state index contributed by atoms with van der Waals surface area (Å²) in [4.78, 5) is 45.2. The van der Waals surface area contributed by atoms with E-state index in [1.54, 1.807) is 18.6 Å². The van der Waals surface area contributed by atoms with Crippen LogP contribution >= 0.6 is 0 Å². The first-order chi connectivity index (χ1) is 15.3. The molecule has 166 valence electrons. The Balaban J connectivity index is 1.39. The van der Waals surface area contributed by atoms with Gasteiger partial charge in [-0.3, -0.25) is 14.6 Å². The molecule has 0 saturated heterocycles. The minimum Gasteiger partial charge on any atom is -0.344 e. The normalized spacial score (nSPS) is 17.2. The highest BCUT2D eigenvalue weighted by atomic mass is 16.2. The van der Waals surface area contributed by atoms with Gasteiger partial charge in [0.25, 0.3) is 5.91 Å². The Kier molecular flexibility index (Phi) is 4.95. The van der Waals surface area contributed by atoms with E-state index < -0.39 is 11.5 Å². The van der Waals surface area contributed by atoms with E-state index >= 15 is 0 Å². The van der Waals surface area contributed by atoms with E-state index in [-0.39, 0.29) is 11.8 Å². The maximum absolute atomic E-state index is 13.5. The molecule has 0 aromatic carbocycles. The molecule has 32 heavy (non-hydrogen) atoms. The van der Waals surface area contributed by atoms with Crippen LogP contribution in [0.15, 0.2) is 30.7 Å². The van der Waals surface area contributed by atoms with E-state index in [0.29, 0.717) is 42.2 Å². The largest absolute Gasteiger partial charge is 0.344 e. The Morgan fingerprint density at radius 3 is 2.81 bits per heavy atom. The molecule has 0 bridgehead atoms. The number of carbonyl (C=O) groups is 2. The standard InChI is InChI=1S/C24H28N6O2/c1-24(2,3)20(23(32)30-10-8-17-15(13-30)5-4-9-25-17)29-22(31)16-11-26-21-19(16)28-18(12-27-21)14-6-7-14/h4-5,9,11-12,14,20H,6-8,10,13H2,1-3H3,(H,26,27)(H,29,31)/t20-/m0/s1. The van der Waals surface area contributed by atoms with Gasteiger partial charge in [-0.15, -0.1) is 0 Å². The molecule has 8 nitrogen and oxygen atoms in total. The smallest absolute Gasteiger partial charge is 0.255 e. The molecule has 2 amide bonds. The summed E-state index contributed by atoms with van der Waals surface area (Å²) in [6.07, 6.45) is 8.14. The molecule has 2 aliphatic rings. The fraction of sp³-hybridized carbons (Fsp3) is 0.458. The number of aromatic amines is 1. The Bertz CT molecular complexity index is 1190. The maximum atomic E-state index is 13.5. The lowest BCUT2D eigenvalue weighted by atomic mass is 9.85. The van der Waals surface area contributed by atoms with Crippen molar-refractivity contribution in [2.45, 2.75) is 58.5 Å². The van der Waals surface area contributed by atoms with Gasteiger partial charge in [0.1, 0.15) is 11.6 Å². The molecule has 1 aliphatic carbocycles. The molecule has 2 N–H and O–H groups in total. The average Bonchev–Trinajstić information content (AvgIpc) is 3.54. The lowest BCUT2D eigenvalue weighted by Crippen LogP contribution is -2.55. The van der Waals surface area contributed by atoms with Crippen molar-refractivity contribution in [3.63, 3.8) is 0 Å². The van der Waals surface area contributed by atoms with E-state index in [9.17, 15) is 9.59 Å². The van der Waals surface area contributed by atoms with Crippen LogP contribution in [0.2, 0.25) is 0 Å². The molecular formula is C24H28N6O2. The molecular weight excluding hydrogens is 404 g/mol. The topological polar surface area (TPSA) is 104 Å². The van der Waals surface area contributed by atoms with Gasteiger partial charge >= 0.3 is 0 Å². The van der Waals surface area contributed by atoms with Crippen molar-refractivity contribution < 1.29 is 9.59 Å². The zero-order valence-corrected chi connectivity index (χ0v) is 18.7. The lowest BCUT2D eigenvalue weighted by molar-refractivity contribution is -0.136. The second-order valence-electron chi connectivity index (χ2n) is 9.86. The highest BCUT2D eigenvalue weighted by Crippen LogP contribution is 2.39. The minimum absolute atomic E-state index is 0.0788. The number of pyridine rings is 1. The summed E-state index contributed by atoms with van der Waals surface area (Å²) in [5.41, 5.74) is 4.13. The Labute approximate surface area is 186 Å². The summed E-state index contributed by atoms with van der Waals surface area (Å²) in [7, 11) is 0. The van der Waals surface area contributed by atoms with Crippen molar-refractivity contribution in [2.24, 2.45) is 5.41 Å². The van der Waals surface area contributed by atoms with Gasteiger partial charge in [0, 0.05) is 43.5 Å². The number of nitrogens with one attached hydrogen (secondary N) is 2. The van der Waals surface area contributed by atoms with Gasteiger partial charge in [0.15, 0.2) is 5.65 Å². The van der Waals surface area contributed by atoms with Gasteiger partial charge in [-0.25, -0.2) is 9.97 Å². The molecule has 0 spiro atoms. The van der Waals surface area contributed by atoms with E-state index in [1.807, 2.05) is 37.8 Å². The predicted octanol–water partition coefficient (Wildman–Crippen LogP) is 2.96. The highest BCUT2D eigenvalue weighted by Gasteiger charge is 2.37. The molecule has 0 radical (unpaired) electrons. The van der Waals surface area contributed by atoms with E-state index in [2.05, 4.69) is 20.3 Å². The minimum atomic E-state index is -0.669. The van der Waals surface area contributed by atoms with Crippen LogP contribution in [-0.2, 0) is 17.8 Å². The Morgan fingerprint density at radius 1 is 1.25 bits per heavy atom. The summed E-state index contributed by atoms with van der Waals surface area (Å²) < 4.78 is 0. The van der Waals surface area contributed by atoms with Gasteiger partial charge in [-0.05, 0) is 29.9 Å². The molecule has 1 atom stereocenters. The van der Waals surface area contributed by atoms with Crippen LogP contribution in [0.4, 0.5) is 0 Å². The van der Waals surface area contributed by atoms with Crippen LogP contribution in [0.25, 0.3) is 11.2 Å². The summed E-state index contributed by atoms with van der Waals surface area (Å²) in [6, 6.07) is 3.23. The zero-order valence-electron chi connectivity index (χ0n) is 18.7. The van der Waals surface area contributed by atoms with Crippen molar-refractivity contribution in [1.29, 1.82) is 0 Å². The lowest BCUT2D eigenvalue weighted by Gasteiger charge is -2.36. The van der Waals surface area contributed by atoms with E-state index in [4.69, 9.17) is 4.98 Å². The molecule has 1 fully saturated rings. The number of H-pyrrole nitrogens is 1. The highest BCUT2D eigenvalue weighted by molar-refractivity contribution is 6.06. The number of amides is 2. The average molecular weight is 433 g/mol. The number of rotatable bonds is 4. The predicted molar refractivity (Wildman–Crippen MR) is 120 cm³/mol. The monoisotopic (exact) mass is 432 g/mol. The molecule has 1 saturated carbocycles. The van der Waals surface area contributed by atoms with Crippen molar-refractivity contribution in [3.8, 4) is 0 Å². The quantitative estimate of drug-likeness (QED) is 0.660. The van der Waals surface area contributed by atoms with Crippen molar-refractivity contribution in [3.05, 3.63) is 53.2 Å². The van der Waals surface area contributed by atoms with Crippen LogP contribution in [0.3, 0.4) is 0 Å². The van der Waals surface area contributed by atoms with Gasteiger partial charge < -0.3 is 15.2 Å². The molecule has 8 heteroatoms. The molecule has 5 rings (SSSR count). The SMILES string of the molecule is CC(C)(C)[C@@H](NC(=O)c1c[nH]c2ncc(C3CC3)nc12)C(=O)N1CCc2ncccc2C1. The number of hydrogen-bond donors (Lipinski definition) is 2. The van der Waals surface area contributed by atoms with Crippen molar-refractivity contribution >= 4 is 23.0 Å². The fourth-order valence-corrected chi connectivity index (χ4v) is 4.25. The molecule has 4 heterocycles. The zero-order chi connectivity index (χ0) is 22.5. The second kappa shape index (κ2) is 7.69. The molecule has 3 aromatic rings. The first-order valence-corrected chi connectivity index (χ1v) is 11.2. The van der Waals surface area contributed by atoms with Crippen LogP contribution in [0.5, 0.6) is 0 Å². The third-order valence-electron chi connectivity index (χ3n) is 6.30. The maximum Gasteiger partial charge on any atom is 0.255 e. The van der Waals surface area contributed by atoms with Gasteiger partial charge in [-0.2, -0.15) is 0 Å². The summed E-state index contributed by atoms with van der Waals surface area (Å²) in [6.45, 7) is 7.00. The van der Waals surface area contributed by atoms with E-state index in [1.165, 1.54) is 0 Å². The van der Waals surface area contributed by atoms with Crippen molar-refractivity contribution in [1.82, 2.24) is 30.2 Å². The number of fused-ring (bicyclic) bond motifs is 2. The third-order valence-corrected chi connectivity index (χ3v) is 6.30. The number of carbonyl (C=O) groups excluding carboxylic acids is 2. The van der Waals surface area contributed by atoms with Gasteiger partial charge in [0.05, 0.1) is 17.5 Å². The van der Waals surface area contributed by atoms with Gasteiger partial charge in [0.2, 0.25) is 5.91 Å². The summed E-state index contributed by atoms with van der Waals surface area (Å²) >= 11 is 0. The first kappa shape index (κ1) is 20.6. The Hall–Kier alpha value is -3.29. The van der Waals surface area contributed by atoms with Crippen molar-refractivity contribution in [2.75, 3.05) is 6.54 Å². The second-order valence-corrected chi connectivity index (χ2v) is 9.86. The Morgan fingerprint density at radius 2 is 2.06 bits per heavy atom. The molecule has 1 aliphatic heterocycles. The van der Waals surface area contributed by atoms with Crippen LogP contribution in [-0.4, -0.2) is 49.2 Å². The molecule has 3 aromatic heterocycles. The first-order valence-electron chi connectivity index (χ1n) is 11.2.